The van der Waals surface area contributed by atoms with Gasteiger partial charge in [0.2, 0.25) is 0 Å². The van der Waals surface area contributed by atoms with Gasteiger partial charge < -0.3 is 9.47 Å². The van der Waals surface area contributed by atoms with Gasteiger partial charge in [0.25, 0.3) is 0 Å². The number of hydrogen-bond acceptors (Lipinski definition) is 3. The molecule has 1 aromatic rings. The predicted molar refractivity (Wildman–Crippen MR) is 86.5 cm³/mol. The van der Waals surface area contributed by atoms with Crippen molar-refractivity contribution in [3.05, 3.63) is 23.8 Å². The molecule has 0 amide bonds. The Morgan fingerprint density at radius 1 is 0.905 bits per heavy atom. The van der Waals surface area contributed by atoms with E-state index in [0.717, 1.165) is 12.8 Å². The Balaban J connectivity index is 2.45. The van der Waals surface area contributed by atoms with E-state index in [1.54, 1.807) is 26.4 Å². The molecule has 3 heteroatoms. The molecule has 0 aliphatic carbocycles. The van der Waals surface area contributed by atoms with E-state index in [2.05, 4.69) is 6.92 Å². The van der Waals surface area contributed by atoms with Gasteiger partial charge in [-0.05, 0) is 18.6 Å². The second-order valence-electron chi connectivity index (χ2n) is 5.33. The summed E-state index contributed by atoms with van der Waals surface area (Å²) in [5, 5.41) is 0. The Morgan fingerprint density at radius 2 is 1.43 bits per heavy atom. The molecular weight excluding hydrogens is 264 g/mol. The van der Waals surface area contributed by atoms with Crippen LogP contribution in [0.2, 0.25) is 0 Å². The summed E-state index contributed by atoms with van der Waals surface area (Å²) in [6.45, 7) is 2.22. The first-order valence-corrected chi connectivity index (χ1v) is 7.98. The van der Waals surface area contributed by atoms with E-state index in [4.69, 9.17) is 9.47 Å². The van der Waals surface area contributed by atoms with Crippen LogP contribution in [0.4, 0.5) is 0 Å². The van der Waals surface area contributed by atoms with Gasteiger partial charge in [-0.1, -0.05) is 51.5 Å². The van der Waals surface area contributed by atoms with E-state index in [-0.39, 0.29) is 5.78 Å². The first-order valence-electron chi connectivity index (χ1n) is 7.98. The number of ether oxygens (including phenoxy) is 2. The number of ketones is 1. The first-order chi connectivity index (χ1) is 10.2. The summed E-state index contributed by atoms with van der Waals surface area (Å²) in [5.74, 6) is 1.31. The quantitative estimate of drug-likeness (QED) is 0.424. The molecule has 0 aromatic heterocycles. The highest BCUT2D eigenvalue weighted by atomic mass is 16.5. The molecule has 0 heterocycles. The Hall–Kier alpha value is -1.51. The highest BCUT2D eigenvalue weighted by Crippen LogP contribution is 2.30. The molecule has 118 valence electrons. The Morgan fingerprint density at radius 3 is 1.95 bits per heavy atom. The lowest BCUT2D eigenvalue weighted by molar-refractivity contribution is 0.0973. The molecule has 3 nitrogen and oxygen atoms in total. The monoisotopic (exact) mass is 292 g/mol. The van der Waals surface area contributed by atoms with Gasteiger partial charge in [0.1, 0.15) is 17.1 Å². The van der Waals surface area contributed by atoms with Gasteiger partial charge in [-0.2, -0.15) is 0 Å². The van der Waals surface area contributed by atoms with Crippen LogP contribution in [0.5, 0.6) is 11.5 Å². The summed E-state index contributed by atoms with van der Waals surface area (Å²) >= 11 is 0. The molecule has 0 spiro atoms. The van der Waals surface area contributed by atoms with Crippen molar-refractivity contribution in [1.82, 2.24) is 0 Å². The van der Waals surface area contributed by atoms with Crippen molar-refractivity contribution in [3.8, 4) is 11.5 Å². The normalized spacial score (nSPS) is 10.4. The number of unbranched alkanes of at least 4 members (excludes halogenated alkanes) is 6. The van der Waals surface area contributed by atoms with Crippen molar-refractivity contribution in [3.63, 3.8) is 0 Å². The lowest BCUT2D eigenvalue weighted by Crippen LogP contribution is -2.05. The van der Waals surface area contributed by atoms with Gasteiger partial charge in [-0.25, -0.2) is 0 Å². The Kier molecular flexibility index (Phi) is 8.56. The maximum atomic E-state index is 12.4. The maximum absolute atomic E-state index is 12.4. The van der Waals surface area contributed by atoms with Crippen molar-refractivity contribution < 1.29 is 14.3 Å². The first kappa shape index (κ1) is 17.5. The van der Waals surface area contributed by atoms with E-state index in [1.807, 2.05) is 6.07 Å². The SMILES string of the molecule is CCCCCCCCCC(=O)c1c(OC)cccc1OC. The zero-order valence-electron chi connectivity index (χ0n) is 13.6. The number of Topliss-reactive ketones (excluding diaryl/α,β-unsaturated/α-hetero) is 1. The third-order valence-corrected chi connectivity index (χ3v) is 3.71. The fourth-order valence-corrected chi connectivity index (χ4v) is 2.49. The van der Waals surface area contributed by atoms with Crippen LogP contribution < -0.4 is 9.47 Å². The van der Waals surface area contributed by atoms with E-state index in [1.165, 1.54) is 32.1 Å². The number of methoxy groups -OCH3 is 2. The van der Waals surface area contributed by atoms with Gasteiger partial charge in [-0.3, -0.25) is 4.79 Å². The van der Waals surface area contributed by atoms with Crippen molar-refractivity contribution in [1.29, 1.82) is 0 Å². The van der Waals surface area contributed by atoms with E-state index >= 15 is 0 Å². The minimum Gasteiger partial charge on any atom is -0.496 e. The molecule has 0 unspecified atom stereocenters. The molecule has 0 bridgehead atoms. The van der Waals surface area contributed by atoms with Gasteiger partial charge >= 0.3 is 0 Å². The van der Waals surface area contributed by atoms with Gasteiger partial charge in [-0.15, -0.1) is 0 Å². The minimum absolute atomic E-state index is 0.109. The van der Waals surface area contributed by atoms with E-state index in [0.29, 0.717) is 23.5 Å². The third-order valence-electron chi connectivity index (χ3n) is 3.71. The number of hydrogen-bond donors (Lipinski definition) is 0. The third kappa shape index (κ3) is 5.78. The van der Waals surface area contributed by atoms with Crippen molar-refractivity contribution in [2.24, 2.45) is 0 Å². The van der Waals surface area contributed by atoms with Crippen LogP contribution in [-0.4, -0.2) is 20.0 Å². The molecule has 0 radical (unpaired) electrons. The smallest absolute Gasteiger partial charge is 0.170 e. The fraction of sp³-hybridized carbons (Fsp3) is 0.611. The summed E-state index contributed by atoms with van der Waals surface area (Å²) in [6.07, 6.45) is 9.01. The molecule has 21 heavy (non-hydrogen) atoms. The second-order valence-corrected chi connectivity index (χ2v) is 5.33. The van der Waals surface area contributed by atoms with Gasteiger partial charge in [0.15, 0.2) is 5.78 Å². The standard InChI is InChI=1S/C18H28O3/c1-4-5-6-7-8-9-10-12-15(19)18-16(20-2)13-11-14-17(18)21-3/h11,13-14H,4-10,12H2,1-3H3. The largest absolute Gasteiger partial charge is 0.496 e. The zero-order chi connectivity index (χ0) is 15.5. The zero-order valence-corrected chi connectivity index (χ0v) is 13.6. The molecule has 0 aliphatic rings. The van der Waals surface area contributed by atoms with E-state index < -0.39 is 0 Å². The molecule has 0 aliphatic heterocycles. The summed E-state index contributed by atoms with van der Waals surface area (Å²) in [6, 6.07) is 5.45. The van der Waals surface area contributed by atoms with Crippen LogP contribution in [-0.2, 0) is 0 Å². The van der Waals surface area contributed by atoms with Gasteiger partial charge in [0, 0.05) is 6.42 Å². The highest BCUT2D eigenvalue weighted by Gasteiger charge is 2.17. The average Bonchev–Trinajstić information content (AvgIpc) is 2.52. The summed E-state index contributed by atoms with van der Waals surface area (Å²) < 4.78 is 10.6. The van der Waals surface area contributed by atoms with Crippen molar-refractivity contribution in [2.75, 3.05) is 14.2 Å². The number of benzene rings is 1. The van der Waals surface area contributed by atoms with Gasteiger partial charge in [0.05, 0.1) is 14.2 Å². The van der Waals surface area contributed by atoms with Crippen LogP contribution in [0.3, 0.4) is 0 Å². The van der Waals surface area contributed by atoms with Crippen LogP contribution in [0.25, 0.3) is 0 Å². The molecular formula is C18H28O3. The molecule has 0 N–H and O–H groups in total. The molecule has 0 saturated carbocycles. The van der Waals surface area contributed by atoms with Crippen LogP contribution >= 0.6 is 0 Å². The number of carbonyl (C=O) groups is 1. The summed E-state index contributed by atoms with van der Waals surface area (Å²) in [5.41, 5.74) is 0.577. The Bertz CT molecular complexity index is 404. The summed E-state index contributed by atoms with van der Waals surface area (Å²) in [4.78, 5) is 12.4. The fourth-order valence-electron chi connectivity index (χ4n) is 2.49. The van der Waals surface area contributed by atoms with Crippen LogP contribution in [0.15, 0.2) is 18.2 Å². The molecule has 0 atom stereocenters. The molecule has 0 fully saturated rings. The summed E-state index contributed by atoms with van der Waals surface area (Å²) in [7, 11) is 3.17. The van der Waals surface area contributed by atoms with Crippen molar-refractivity contribution in [2.45, 2.75) is 58.3 Å². The average molecular weight is 292 g/mol. The predicted octanol–water partition coefficient (Wildman–Crippen LogP) is 5.03. The molecule has 1 aromatic carbocycles. The minimum atomic E-state index is 0.109. The van der Waals surface area contributed by atoms with E-state index in [9.17, 15) is 4.79 Å². The molecule has 0 saturated heterocycles. The van der Waals surface area contributed by atoms with Crippen LogP contribution in [0.1, 0.15) is 68.6 Å². The van der Waals surface area contributed by atoms with Crippen molar-refractivity contribution >= 4 is 5.78 Å². The lowest BCUT2D eigenvalue weighted by Gasteiger charge is -2.11. The highest BCUT2D eigenvalue weighted by molar-refractivity contribution is 6.01. The van der Waals surface area contributed by atoms with Crippen LogP contribution in [0, 0.1) is 0 Å². The Labute approximate surface area is 128 Å². The topological polar surface area (TPSA) is 35.5 Å². The lowest BCUT2D eigenvalue weighted by atomic mass is 10.0. The second kappa shape index (κ2) is 10.3. The number of carbonyl (C=O) groups excluding carboxylic acids is 1. The number of rotatable bonds is 11. The molecule has 1 rings (SSSR count). The maximum Gasteiger partial charge on any atom is 0.170 e.